The van der Waals surface area contributed by atoms with Gasteiger partial charge in [0.2, 0.25) is 0 Å². The van der Waals surface area contributed by atoms with E-state index in [1.165, 1.54) is 0 Å². The van der Waals surface area contributed by atoms with Crippen molar-refractivity contribution in [1.29, 1.82) is 0 Å². The summed E-state index contributed by atoms with van der Waals surface area (Å²) in [4.78, 5) is 24.7. The molecule has 0 heterocycles. The summed E-state index contributed by atoms with van der Waals surface area (Å²) < 4.78 is 17.1. The third-order valence-electron chi connectivity index (χ3n) is 4.16. The summed E-state index contributed by atoms with van der Waals surface area (Å²) in [7, 11) is 0. The number of hydrogen-bond donors (Lipinski definition) is 0. The first kappa shape index (κ1) is 22.5. The molecule has 0 unspecified atom stereocenters. The van der Waals surface area contributed by atoms with Gasteiger partial charge in [-0.1, -0.05) is 55.5 Å². The van der Waals surface area contributed by atoms with Crippen LogP contribution in [0.2, 0.25) is 0 Å². The van der Waals surface area contributed by atoms with Gasteiger partial charge in [0.25, 0.3) is 0 Å². The van der Waals surface area contributed by atoms with E-state index in [-0.39, 0.29) is 6.42 Å². The molecule has 0 N–H and O–H groups in total. The molecule has 2 aromatic carbocycles. The monoisotopic (exact) mass is 398 g/mol. The van der Waals surface area contributed by atoms with Crippen LogP contribution in [0.4, 0.5) is 0 Å². The molecule has 0 spiro atoms. The van der Waals surface area contributed by atoms with Crippen LogP contribution in [0.3, 0.4) is 0 Å². The van der Waals surface area contributed by atoms with Crippen LogP contribution in [0.15, 0.2) is 60.7 Å². The van der Waals surface area contributed by atoms with E-state index in [9.17, 15) is 9.59 Å². The third kappa shape index (κ3) is 7.60. The van der Waals surface area contributed by atoms with E-state index >= 15 is 0 Å². The van der Waals surface area contributed by atoms with Gasteiger partial charge in [-0.25, -0.2) is 0 Å². The Morgan fingerprint density at radius 1 is 0.897 bits per heavy atom. The fourth-order valence-corrected chi connectivity index (χ4v) is 2.81. The lowest BCUT2D eigenvalue weighted by atomic mass is 10.0. The third-order valence-corrected chi connectivity index (χ3v) is 4.16. The maximum absolute atomic E-state index is 12.7. The summed E-state index contributed by atoms with van der Waals surface area (Å²) in [5, 5.41) is 0. The van der Waals surface area contributed by atoms with Gasteiger partial charge in [-0.3, -0.25) is 9.59 Å². The summed E-state index contributed by atoms with van der Waals surface area (Å²) in [6, 6.07) is 18.8. The van der Waals surface area contributed by atoms with Gasteiger partial charge in [-0.05, 0) is 45.4 Å². The lowest BCUT2D eigenvalue weighted by molar-refractivity contribution is -0.165. The molecule has 3 atom stereocenters. The number of para-hydroxylation sites is 1. The summed E-state index contributed by atoms with van der Waals surface area (Å²) >= 11 is 0. The van der Waals surface area contributed by atoms with Gasteiger partial charge in [0, 0.05) is 0 Å². The lowest BCUT2D eigenvalue weighted by Gasteiger charge is -2.27. The van der Waals surface area contributed by atoms with E-state index in [1.807, 2.05) is 67.6 Å². The van der Waals surface area contributed by atoms with Crippen molar-refractivity contribution < 1.29 is 23.8 Å². The number of rotatable bonds is 8. The molecule has 5 nitrogen and oxygen atoms in total. The van der Waals surface area contributed by atoms with Crippen LogP contribution in [-0.2, 0) is 19.1 Å². The summed E-state index contributed by atoms with van der Waals surface area (Å²) in [5.41, 5.74) is 0.236. The second kappa shape index (κ2) is 10.1. The van der Waals surface area contributed by atoms with E-state index in [1.54, 1.807) is 27.7 Å². The van der Waals surface area contributed by atoms with Crippen LogP contribution in [0, 0.1) is 5.92 Å². The highest BCUT2D eigenvalue weighted by molar-refractivity contribution is 5.80. The van der Waals surface area contributed by atoms with Gasteiger partial charge in [-0.15, -0.1) is 0 Å². The van der Waals surface area contributed by atoms with E-state index in [2.05, 4.69) is 0 Å². The van der Waals surface area contributed by atoms with Gasteiger partial charge in [-0.2, -0.15) is 0 Å². The van der Waals surface area contributed by atoms with Crippen LogP contribution in [0.25, 0.3) is 0 Å². The summed E-state index contributed by atoms with van der Waals surface area (Å²) in [6.07, 6.45) is -1.06. The predicted octanol–water partition coefficient (Wildman–Crippen LogP) is 5.11. The first-order chi connectivity index (χ1) is 13.7. The number of ether oxygens (including phenoxy) is 3. The molecule has 2 rings (SSSR count). The lowest BCUT2D eigenvalue weighted by Crippen LogP contribution is -2.30. The molecule has 0 aliphatic heterocycles. The Kier molecular flexibility index (Phi) is 7.82. The Labute approximate surface area is 173 Å². The molecular weight excluding hydrogens is 368 g/mol. The Hall–Kier alpha value is -2.82. The second-order valence-corrected chi connectivity index (χ2v) is 8.10. The van der Waals surface area contributed by atoms with Crippen LogP contribution < -0.4 is 4.74 Å². The normalized spacial score (nSPS) is 14.4. The first-order valence-electron chi connectivity index (χ1n) is 9.84. The van der Waals surface area contributed by atoms with Crippen molar-refractivity contribution in [2.75, 3.05) is 0 Å². The Morgan fingerprint density at radius 3 is 2.00 bits per heavy atom. The molecule has 5 heteroatoms. The summed E-state index contributed by atoms with van der Waals surface area (Å²) in [5.74, 6) is -0.821. The van der Waals surface area contributed by atoms with Crippen molar-refractivity contribution >= 4 is 11.9 Å². The first-order valence-corrected chi connectivity index (χ1v) is 9.84. The van der Waals surface area contributed by atoms with Crippen molar-refractivity contribution in [2.24, 2.45) is 5.92 Å². The number of carbonyl (C=O) groups is 2. The molecule has 0 saturated heterocycles. The maximum atomic E-state index is 12.7. The average molecular weight is 398 g/mol. The number of benzene rings is 2. The molecule has 156 valence electrons. The van der Waals surface area contributed by atoms with Crippen molar-refractivity contribution in [1.82, 2.24) is 0 Å². The SMILES string of the molecule is C[C@H](CC(=O)OC(C)(C)C)C(=O)O[C@H](c1ccccc1)[C@@H](C)Oc1ccccc1. The molecule has 0 bridgehead atoms. The molecular formula is C24H30O5. The fourth-order valence-electron chi connectivity index (χ4n) is 2.81. The minimum atomic E-state index is -0.625. The molecule has 0 radical (unpaired) electrons. The quantitative estimate of drug-likeness (QED) is 0.579. The van der Waals surface area contributed by atoms with Crippen LogP contribution in [0.5, 0.6) is 5.75 Å². The minimum Gasteiger partial charge on any atom is -0.486 e. The zero-order valence-electron chi connectivity index (χ0n) is 17.8. The zero-order valence-corrected chi connectivity index (χ0v) is 17.8. The van der Waals surface area contributed by atoms with Gasteiger partial charge in [0.15, 0.2) is 6.10 Å². The zero-order chi connectivity index (χ0) is 21.4. The highest BCUT2D eigenvalue weighted by Gasteiger charge is 2.29. The molecule has 0 saturated carbocycles. The van der Waals surface area contributed by atoms with Crippen molar-refractivity contribution in [3.63, 3.8) is 0 Å². The standard InChI is InChI=1S/C24H30O5/c1-17(16-21(25)29-24(3,4)5)23(26)28-22(19-12-8-6-9-13-19)18(2)27-20-14-10-7-11-15-20/h6-15,17-18,22H,16H2,1-5H3/t17-,18-,22+/m1/s1. The highest BCUT2D eigenvalue weighted by Crippen LogP contribution is 2.27. The maximum Gasteiger partial charge on any atom is 0.309 e. The van der Waals surface area contributed by atoms with Gasteiger partial charge in [0.05, 0.1) is 12.3 Å². The highest BCUT2D eigenvalue weighted by atomic mass is 16.6. The van der Waals surface area contributed by atoms with Crippen molar-refractivity contribution in [3.8, 4) is 5.75 Å². The molecule has 0 aliphatic carbocycles. The van der Waals surface area contributed by atoms with E-state index < -0.39 is 35.7 Å². The Balaban J connectivity index is 2.09. The number of esters is 2. The molecule has 0 aromatic heterocycles. The smallest absolute Gasteiger partial charge is 0.309 e. The van der Waals surface area contributed by atoms with E-state index in [0.29, 0.717) is 5.75 Å². The van der Waals surface area contributed by atoms with E-state index in [4.69, 9.17) is 14.2 Å². The topological polar surface area (TPSA) is 61.8 Å². The average Bonchev–Trinajstić information content (AvgIpc) is 2.65. The minimum absolute atomic E-state index is 0.0362. The van der Waals surface area contributed by atoms with E-state index in [0.717, 1.165) is 5.56 Å². The van der Waals surface area contributed by atoms with Crippen molar-refractivity contribution in [2.45, 2.75) is 58.8 Å². The number of carbonyl (C=O) groups excluding carboxylic acids is 2. The van der Waals surface area contributed by atoms with Crippen LogP contribution in [0.1, 0.15) is 52.7 Å². The van der Waals surface area contributed by atoms with Gasteiger partial charge in [0.1, 0.15) is 17.5 Å². The van der Waals surface area contributed by atoms with Crippen molar-refractivity contribution in [3.05, 3.63) is 66.2 Å². The molecule has 0 aliphatic rings. The Bertz CT molecular complexity index is 780. The van der Waals surface area contributed by atoms with Gasteiger partial charge < -0.3 is 14.2 Å². The van der Waals surface area contributed by atoms with Crippen LogP contribution >= 0.6 is 0 Å². The largest absolute Gasteiger partial charge is 0.486 e. The fraction of sp³-hybridized carbons (Fsp3) is 0.417. The van der Waals surface area contributed by atoms with Crippen LogP contribution in [-0.4, -0.2) is 23.6 Å². The second-order valence-electron chi connectivity index (χ2n) is 8.10. The molecule has 2 aromatic rings. The number of hydrogen-bond acceptors (Lipinski definition) is 5. The molecule has 0 amide bonds. The Morgan fingerprint density at radius 2 is 1.45 bits per heavy atom. The predicted molar refractivity (Wildman–Crippen MR) is 111 cm³/mol. The molecule has 0 fully saturated rings. The van der Waals surface area contributed by atoms with Gasteiger partial charge >= 0.3 is 11.9 Å². The summed E-state index contributed by atoms with van der Waals surface area (Å²) in [6.45, 7) is 8.90. The molecule has 29 heavy (non-hydrogen) atoms.